The van der Waals surface area contributed by atoms with Gasteiger partial charge in [0.2, 0.25) is 0 Å². The molecule has 138 valence electrons. The number of aliphatic hydroxyl groups is 1. The van der Waals surface area contributed by atoms with Gasteiger partial charge in [-0.05, 0) is 43.3 Å². The van der Waals surface area contributed by atoms with Crippen molar-refractivity contribution in [3.8, 4) is 0 Å². The Kier molecular flexibility index (Phi) is 5.34. The molecular formula is C18H19FN2O5. The molecule has 1 aromatic carbocycles. The van der Waals surface area contributed by atoms with E-state index in [2.05, 4.69) is 0 Å². The fourth-order valence-corrected chi connectivity index (χ4v) is 2.78. The Balaban J connectivity index is 1.59. The average molecular weight is 362 g/mol. The van der Waals surface area contributed by atoms with E-state index >= 15 is 0 Å². The van der Waals surface area contributed by atoms with E-state index in [-0.39, 0.29) is 19.8 Å². The van der Waals surface area contributed by atoms with Crippen LogP contribution >= 0.6 is 0 Å². The summed E-state index contributed by atoms with van der Waals surface area (Å²) in [5, 5.41) is 10.1. The predicted molar refractivity (Wildman–Crippen MR) is 89.8 cm³/mol. The van der Waals surface area contributed by atoms with Gasteiger partial charge in [0.25, 0.3) is 5.91 Å². The zero-order valence-corrected chi connectivity index (χ0v) is 14.2. The van der Waals surface area contributed by atoms with Crippen LogP contribution in [0, 0.1) is 5.82 Å². The third-order valence-electron chi connectivity index (χ3n) is 4.08. The summed E-state index contributed by atoms with van der Waals surface area (Å²) >= 11 is 0. The smallest absolute Gasteiger partial charge is 0.332 e. The van der Waals surface area contributed by atoms with Crippen molar-refractivity contribution >= 4 is 17.6 Å². The van der Waals surface area contributed by atoms with Crippen LogP contribution in [-0.2, 0) is 16.1 Å². The number of nitrogens with zero attached hydrogens (tertiary/aromatic N) is 2. The van der Waals surface area contributed by atoms with Crippen molar-refractivity contribution in [2.45, 2.75) is 25.7 Å². The van der Waals surface area contributed by atoms with E-state index < -0.39 is 29.9 Å². The lowest BCUT2D eigenvalue weighted by atomic mass is 10.2. The van der Waals surface area contributed by atoms with Crippen LogP contribution < -0.4 is 4.90 Å². The molecule has 0 spiro atoms. The van der Waals surface area contributed by atoms with Crippen LogP contribution in [0.4, 0.5) is 14.9 Å². The summed E-state index contributed by atoms with van der Waals surface area (Å²) in [6.45, 7) is 1.54. The number of benzene rings is 1. The standard InChI is InChI=1S/C18H19FN2O5/c1-12-17(23)20(9-15(22)10-25-11-16-3-2-8-26-16)18(24)21(12)14-6-4-13(19)5-7-14/h2-8,12,15,22H,9-11H2,1H3. The zero-order valence-electron chi connectivity index (χ0n) is 14.2. The number of urea groups is 1. The zero-order chi connectivity index (χ0) is 18.7. The number of aliphatic hydroxyl groups excluding tert-OH is 1. The molecule has 0 saturated carbocycles. The normalized spacial score (nSPS) is 18.7. The van der Waals surface area contributed by atoms with E-state index in [0.717, 1.165) is 4.90 Å². The lowest BCUT2D eigenvalue weighted by molar-refractivity contribution is -0.128. The lowest BCUT2D eigenvalue weighted by Gasteiger charge is -2.20. The minimum Gasteiger partial charge on any atom is -0.467 e. The summed E-state index contributed by atoms with van der Waals surface area (Å²) in [7, 11) is 0. The minimum atomic E-state index is -1.03. The van der Waals surface area contributed by atoms with Gasteiger partial charge < -0.3 is 14.3 Å². The molecule has 7 nitrogen and oxygen atoms in total. The second-order valence-corrected chi connectivity index (χ2v) is 6.00. The summed E-state index contributed by atoms with van der Waals surface area (Å²) in [6, 6.07) is 7.49. The number of carbonyl (C=O) groups excluding carboxylic acids is 2. The second-order valence-electron chi connectivity index (χ2n) is 6.00. The number of rotatable bonds is 7. The Bertz CT molecular complexity index is 762. The maximum Gasteiger partial charge on any atom is 0.332 e. The highest BCUT2D eigenvalue weighted by Crippen LogP contribution is 2.26. The molecule has 1 aliphatic heterocycles. The first kappa shape index (κ1) is 18.1. The fraction of sp³-hybridized carbons (Fsp3) is 0.333. The SMILES string of the molecule is CC1C(=O)N(CC(O)COCc2ccco2)C(=O)N1c1ccc(F)cc1. The Morgan fingerprint density at radius 3 is 2.65 bits per heavy atom. The van der Waals surface area contributed by atoms with Crippen LogP contribution in [0.3, 0.4) is 0 Å². The number of β-amino-alcohol motifs (C(OH)–C–C–N with tert-alkyl or cyclic N) is 1. The van der Waals surface area contributed by atoms with Crippen LogP contribution in [-0.4, -0.2) is 47.2 Å². The van der Waals surface area contributed by atoms with Gasteiger partial charge in [0, 0.05) is 5.69 Å². The third-order valence-corrected chi connectivity index (χ3v) is 4.08. The molecule has 3 amide bonds. The fourth-order valence-electron chi connectivity index (χ4n) is 2.78. The number of carbonyl (C=O) groups is 2. The van der Waals surface area contributed by atoms with Gasteiger partial charge in [-0.2, -0.15) is 0 Å². The highest BCUT2D eigenvalue weighted by atomic mass is 19.1. The van der Waals surface area contributed by atoms with Gasteiger partial charge in [0.15, 0.2) is 0 Å². The summed E-state index contributed by atoms with van der Waals surface area (Å²) in [5.74, 6) is -0.244. The second kappa shape index (κ2) is 7.67. The molecule has 2 unspecified atom stereocenters. The Labute approximate surface area is 149 Å². The van der Waals surface area contributed by atoms with Gasteiger partial charge in [0.05, 0.1) is 25.5 Å². The first-order valence-corrected chi connectivity index (χ1v) is 8.15. The number of hydrogen-bond acceptors (Lipinski definition) is 5. The molecule has 0 aliphatic carbocycles. The quantitative estimate of drug-likeness (QED) is 0.763. The predicted octanol–water partition coefficient (Wildman–Crippen LogP) is 2.15. The number of hydrogen-bond donors (Lipinski definition) is 1. The summed E-state index contributed by atoms with van der Waals surface area (Å²) in [5.41, 5.74) is 0.420. The van der Waals surface area contributed by atoms with Crippen molar-refractivity contribution in [2.24, 2.45) is 0 Å². The van der Waals surface area contributed by atoms with Crippen molar-refractivity contribution in [1.82, 2.24) is 4.90 Å². The number of ether oxygens (including phenoxy) is 1. The molecular weight excluding hydrogens is 343 g/mol. The first-order chi connectivity index (χ1) is 12.5. The highest BCUT2D eigenvalue weighted by Gasteiger charge is 2.43. The maximum atomic E-state index is 13.1. The summed E-state index contributed by atoms with van der Waals surface area (Å²) < 4.78 is 23.5. The first-order valence-electron chi connectivity index (χ1n) is 8.15. The van der Waals surface area contributed by atoms with E-state index in [1.54, 1.807) is 19.1 Å². The molecule has 2 aromatic rings. The number of amides is 3. The number of imide groups is 1. The Morgan fingerprint density at radius 2 is 2.00 bits per heavy atom. The van der Waals surface area contributed by atoms with Gasteiger partial charge in [-0.25, -0.2) is 9.18 Å². The topological polar surface area (TPSA) is 83.2 Å². The van der Waals surface area contributed by atoms with Gasteiger partial charge in [-0.15, -0.1) is 0 Å². The third kappa shape index (κ3) is 3.76. The van der Waals surface area contributed by atoms with Gasteiger partial charge >= 0.3 is 6.03 Å². The molecule has 1 aliphatic rings. The molecule has 8 heteroatoms. The molecule has 1 saturated heterocycles. The molecule has 1 fully saturated rings. The molecule has 2 heterocycles. The molecule has 0 bridgehead atoms. The molecule has 26 heavy (non-hydrogen) atoms. The van der Waals surface area contributed by atoms with Crippen LogP contribution in [0.5, 0.6) is 0 Å². The highest BCUT2D eigenvalue weighted by molar-refractivity contribution is 6.14. The van der Waals surface area contributed by atoms with E-state index in [9.17, 15) is 19.1 Å². The van der Waals surface area contributed by atoms with E-state index in [1.807, 2.05) is 0 Å². The van der Waals surface area contributed by atoms with Crippen molar-refractivity contribution < 1.29 is 28.2 Å². The lowest BCUT2D eigenvalue weighted by Crippen LogP contribution is -2.40. The molecule has 0 radical (unpaired) electrons. The average Bonchev–Trinajstić information content (AvgIpc) is 3.20. The van der Waals surface area contributed by atoms with Crippen molar-refractivity contribution in [3.05, 3.63) is 54.2 Å². The largest absolute Gasteiger partial charge is 0.467 e. The molecule has 1 N–H and O–H groups in total. The van der Waals surface area contributed by atoms with E-state index in [1.165, 1.54) is 35.4 Å². The maximum absolute atomic E-state index is 13.1. The summed E-state index contributed by atoms with van der Waals surface area (Å²) in [6.07, 6.45) is 0.487. The number of anilines is 1. The Hall–Kier alpha value is -2.71. The number of halogens is 1. The van der Waals surface area contributed by atoms with Crippen molar-refractivity contribution in [3.63, 3.8) is 0 Å². The minimum absolute atomic E-state index is 0.0529. The van der Waals surface area contributed by atoms with Crippen LogP contribution in [0.2, 0.25) is 0 Å². The van der Waals surface area contributed by atoms with Crippen LogP contribution in [0.1, 0.15) is 12.7 Å². The van der Waals surface area contributed by atoms with Crippen LogP contribution in [0.15, 0.2) is 47.1 Å². The van der Waals surface area contributed by atoms with Gasteiger partial charge in [0.1, 0.15) is 24.2 Å². The van der Waals surface area contributed by atoms with Crippen LogP contribution in [0.25, 0.3) is 0 Å². The Morgan fingerprint density at radius 1 is 1.27 bits per heavy atom. The molecule has 2 atom stereocenters. The van der Waals surface area contributed by atoms with Gasteiger partial charge in [-0.1, -0.05) is 0 Å². The van der Waals surface area contributed by atoms with Crippen molar-refractivity contribution in [2.75, 3.05) is 18.1 Å². The molecule has 3 rings (SSSR count). The molecule has 1 aromatic heterocycles. The van der Waals surface area contributed by atoms with Gasteiger partial charge in [-0.3, -0.25) is 14.6 Å². The van der Waals surface area contributed by atoms with E-state index in [0.29, 0.717) is 11.4 Å². The number of furan rings is 1. The monoisotopic (exact) mass is 362 g/mol. The van der Waals surface area contributed by atoms with E-state index in [4.69, 9.17) is 9.15 Å². The van der Waals surface area contributed by atoms with Crippen molar-refractivity contribution in [1.29, 1.82) is 0 Å². The summed E-state index contributed by atoms with van der Waals surface area (Å²) in [4.78, 5) is 27.2.